The van der Waals surface area contributed by atoms with E-state index in [9.17, 15) is 14.9 Å². The van der Waals surface area contributed by atoms with Crippen molar-refractivity contribution in [3.8, 4) is 6.19 Å². The molecule has 1 rings (SSSR count). The number of carbonyl (C=O) groups excluding carboxylic acids is 1. The SMILES string of the molecule is CCOC(=O)N(C#N)Cc1cccc([N+](=O)[O-])c1. The number of benzene rings is 1. The number of rotatable bonds is 4. The summed E-state index contributed by atoms with van der Waals surface area (Å²) in [5, 5.41) is 19.4. The third-order valence-corrected chi connectivity index (χ3v) is 2.07. The quantitative estimate of drug-likeness (QED) is 0.352. The largest absolute Gasteiger partial charge is 0.449 e. The third-order valence-electron chi connectivity index (χ3n) is 2.07. The predicted molar refractivity (Wildman–Crippen MR) is 61.3 cm³/mol. The van der Waals surface area contributed by atoms with Gasteiger partial charge in [-0.15, -0.1) is 0 Å². The number of nitro groups is 1. The molecule has 0 N–H and O–H groups in total. The zero-order valence-corrected chi connectivity index (χ0v) is 9.70. The van der Waals surface area contributed by atoms with E-state index in [1.54, 1.807) is 19.2 Å². The third kappa shape index (κ3) is 3.45. The van der Waals surface area contributed by atoms with E-state index in [1.165, 1.54) is 18.2 Å². The Morgan fingerprint density at radius 3 is 2.89 bits per heavy atom. The maximum absolute atomic E-state index is 11.3. The highest BCUT2D eigenvalue weighted by Gasteiger charge is 2.15. The molecule has 7 nitrogen and oxygen atoms in total. The first-order chi connectivity index (χ1) is 8.58. The molecular formula is C11H11N3O4. The Hall–Kier alpha value is -2.62. The van der Waals surface area contributed by atoms with Gasteiger partial charge in [-0.25, -0.2) is 9.69 Å². The van der Waals surface area contributed by atoms with E-state index in [0.29, 0.717) is 5.56 Å². The topological polar surface area (TPSA) is 96.5 Å². The molecule has 1 amide bonds. The average Bonchev–Trinajstić information content (AvgIpc) is 2.36. The normalized spacial score (nSPS) is 9.33. The van der Waals surface area contributed by atoms with Crippen LogP contribution in [0.3, 0.4) is 0 Å². The van der Waals surface area contributed by atoms with E-state index in [1.807, 2.05) is 0 Å². The van der Waals surface area contributed by atoms with Crippen molar-refractivity contribution in [2.45, 2.75) is 13.5 Å². The van der Waals surface area contributed by atoms with Gasteiger partial charge in [0.25, 0.3) is 5.69 Å². The van der Waals surface area contributed by atoms with Crippen molar-refractivity contribution in [3.63, 3.8) is 0 Å². The molecule has 0 aliphatic carbocycles. The molecule has 0 aromatic heterocycles. The zero-order valence-electron chi connectivity index (χ0n) is 9.70. The van der Waals surface area contributed by atoms with Crippen LogP contribution in [0.2, 0.25) is 0 Å². The van der Waals surface area contributed by atoms with Crippen LogP contribution in [-0.4, -0.2) is 22.5 Å². The fourth-order valence-electron chi connectivity index (χ4n) is 1.29. The maximum atomic E-state index is 11.3. The first-order valence-corrected chi connectivity index (χ1v) is 5.15. The van der Waals surface area contributed by atoms with Gasteiger partial charge in [-0.3, -0.25) is 10.1 Å². The van der Waals surface area contributed by atoms with Crippen molar-refractivity contribution in [2.75, 3.05) is 6.61 Å². The molecule has 0 atom stereocenters. The number of non-ortho nitro benzene ring substituents is 1. The molecule has 0 saturated carbocycles. The molecule has 0 aliphatic rings. The smallest absolute Gasteiger partial charge is 0.423 e. The summed E-state index contributed by atoms with van der Waals surface area (Å²) in [4.78, 5) is 22.2. The molecule has 0 radical (unpaired) electrons. The van der Waals surface area contributed by atoms with Crippen LogP contribution in [0.4, 0.5) is 10.5 Å². The van der Waals surface area contributed by atoms with E-state index in [4.69, 9.17) is 5.26 Å². The van der Waals surface area contributed by atoms with E-state index in [2.05, 4.69) is 4.74 Å². The zero-order chi connectivity index (χ0) is 13.5. The Morgan fingerprint density at radius 1 is 1.61 bits per heavy atom. The molecule has 0 unspecified atom stereocenters. The van der Waals surface area contributed by atoms with Crippen molar-refractivity contribution < 1.29 is 14.5 Å². The number of nitriles is 1. The lowest BCUT2D eigenvalue weighted by molar-refractivity contribution is -0.384. The summed E-state index contributed by atoms with van der Waals surface area (Å²) >= 11 is 0. The Morgan fingerprint density at radius 2 is 2.33 bits per heavy atom. The minimum absolute atomic E-state index is 0.0585. The van der Waals surface area contributed by atoms with Gasteiger partial charge in [0.1, 0.15) is 0 Å². The van der Waals surface area contributed by atoms with Gasteiger partial charge in [0.15, 0.2) is 6.19 Å². The van der Waals surface area contributed by atoms with E-state index >= 15 is 0 Å². The number of nitrogens with zero attached hydrogens (tertiary/aromatic N) is 3. The van der Waals surface area contributed by atoms with Crippen LogP contribution in [0.25, 0.3) is 0 Å². The second-order valence-electron chi connectivity index (χ2n) is 3.31. The summed E-state index contributed by atoms with van der Waals surface area (Å²) in [5.41, 5.74) is 0.396. The van der Waals surface area contributed by atoms with Gasteiger partial charge >= 0.3 is 6.09 Å². The van der Waals surface area contributed by atoms with Crippen LogP contribution in [0.15, 0.2) is 24.3 Å². The number of ether oxygens (including phenoxy) is 1. The van der Waals surface area contributed by atoms with Crippen molar-refractivity contribution in [3.05, 3.63) is 39.9 Å². The van der Waals surface area contributed by atoms with Crippen molar-refractivity contribution >= 4 is 11.8 Å². The summed E-state index contributed by atoms with van der Waals surface area (Å²) in [5.74, 6) is 0. The van der Waals surface area contributed by atoms with Crippen LogP contribution in [0.1, 0.15) is 12.5 Å². The summed E-state index contributed by atoms with van der Waals surface area (Å²) in [6.45, 7) is 1.73. The van der Waals surface area contributed by atoms with E-state index in [-0.39, 0.29) is 18.8 Å². The van der Waals surface area contributed by atoms with Gasteiger partial charge in [-0.05, 0) is 12.5 Å². The summed E-state index contributed by atoms with van der Waals surface area (Å²) in [6, 6.07) is 5.74. The van der Waals surface area contributed by atoms with Crippen LogP contribution in [0.5, 0.6) is 0 Å². The molecule has 18 heavy (non-hydrogen) atoms. The Balaban J connectivity index is 2.83. The molecule has 0 spiro atoms. The molecule has 1 aromatic rings. The van der Waals surface area contributed by atoms with Crippen molar-refractivity contribution in [1.29, 1.82) is 5.26 Å². The standard InChI is InChI=1S/C11H11N3O4/c1-2-18-11(15)13(8-12)7-9-4-3-5-10(6-9)14(16)17/h3-6H,2,7H2,1H3. The first kappa shape index (κ1) is 13.4. The molecule has 0 saturated heterocycles. The van der Waals surface area contributed by atoms with E-state index < -0.39 is 11.0 Å². The van der Waals surface area contributed by atoms with Gasteiger partial charge in [-0.2, -0.15) is 5.26 Å². The summed E-state index contributed by atoms with van der Waals surface area (Å²) in [7, 11) is 0. The summed E-state index contributed by atoms with van der Waals surface area (Å²) < 4.78 is 4.68. The van der Waals surface area contributed by atoms with Gasteiger partial charge in [-0.1, -0.05) is 12.1 Å². The molecular weight excluding hydrogens is 238 g/mol. The highest BCUT2D eigenvalue weighted by atomic mass is 16.6. The second-order valence-corrected chi connectivity index (χ2v) is 3.31. The highest BCUT2D eigenvalue weighted by molar-refractivity contribution is 5.69. The van der Waals surface area contributed by atoms with Crippen molar-refractivity contribution in [1.82, 2.24) is 4.90 Å². The van der Waals surface area contributed by atoms with Gasteiger partial charge in [0.05, 0.1) is 18.1 Å². The highest BCUT2D eigenvalue weighted by Crippen LogP contribution is 2.14. The second kappa shape index (κ2) is 6.20. The summed E-state index contributed by atoms with van der Waals surface area (Å²) in [6.07, 6.45) is 0.901. The number of amides is 1. The molecule has 1 aromatic carbocycles. The maximum Gasteiger partial charge on any atom is 0.423 e. The number of hydrogen-bond donors (Lipinski definition) is 0. The average molecular weight is 249 g/mol. The van der Waals surface area contributed by atoms with Gasteiger partial charge in [0, 0.05) is 12.1 Å². The fourth-order valence-corrected chi connectivity index (χ4v) is 1.29. The minimum Gasteiger partial charge on any atom is -0.449 e. The molecule has 0 heterocycles. The molecule has 0 fully saturated rings. The number of hydrogen-bond acceptors (Lipinski definition) is 5. The van der Waals surface area contributed by atoms with Gasteiger partial charge in [0.2, 0.25) is 0 Å². The number of carbonyl (C=O) groups is 1. The molecule has 0 bridgehead atoms. The molecule has 94 valence electrons. The Kier molecular flexibility index (Phi) is 4.63. The van der Waals surface area contributed by atoms with Crippen LogP contribution >= 0.6 is 0 Å². The fraction of sp³-hybridized carbons (Fsp3) is 0.273. The predicted octanol–water partition coefficient (Wildman–Crippen LogP) is 2.03. The Labute approximate surface area is 103 Å². The van der Waals surface area contributed by atoms with Gasteiger partial charge < -0.3 is 4.74 Å². The van der Waals surface area contributed by atoms with Crippen molar-refractivity contribution in [2.24, 2.45) is 0 Å². The lowest BCUT2D eigenvalue weighted by atomic mass is 10.2. The first-order valence-electron chi connectivity index (χ1n) is 5.15. The van der Waals surface area contributed by atoms with Crippen LogP contribution < -0.4 is 0 Å². The monoisotopic (exact) mass is 249 g/mol. The van der Waals surface area contributed by atoms with E-state index in [0.717, 1.165) is 4.90 Å². The lowest BCUT2D eigenvalue weighted by Crippen LogP contribution is -2.26. The number of nitro benzene ring substituents is 1. The lowest BCUT2D eigenvalue weighted by Gasteiger charge is -2.12. The van der Waals surface area contributed by atoms with Crippen LogP contribution in [0, 0.1) is 21.6 Å². The minimum atomic E-state index is -0.772. The Bertz CT molecular complexity index is 495. The van der Waals surface area contributed by atoms with Crippen LogP contribution in [-0.2, 0) is 11.3 Å². The molecule has 7 heteroatoms. The molecule has 0 aliphatic heterocycles.